The molecule has 7 nitrogen and oxygen atoms in total. The van der Waals surface area contributed by atoms with Crippen molar-refractivity contribution < 1.29 is 31.6 Å². The average Bonchev–Trinajstić information content (AvgIpc) is 2.25. The van der Waals surface area contributed by atoms with Crippen LogP contribution in [-0.4, -0.2) is 27.1 Å². The zero-order chi connectivity index (χ0) is 14.8. The number of rotatable bonds is 5. The third-order valence-electron chi connectivity index (χ3n) is 1.92. The monoisotopic (exact) mass is 317 g/mol. The van der Waals surface area contributed by atoms with Crippen LogP contribution in [0.1, 0.15) is 0 Å². The summed E-state index contributed by atoms with van der Waals surface area (Å²) in [4.78, 5) is 9.00. The predicted molar refractivity (Wildman–Crippen MR) is 59.3 cm³/mol. The first-order chi connectivity index (χ1) is 8.68. The van der Waals surface area contributed by atoms with Gasteiger partial charge in [0, 0.05) is 10.7 Å². The van der Waals surface area contributed by atoms with Crippen LogP contribution in [0.3, 0.4) is 0 Å². The van der Waals surface area contributed by atoms with Crippen molar-refractivity contribution in [1.29, 1.82) is 0 Å². The van der Waals surface area contributed by atoms with Crippen LogP contribution >= 0.6 is 10.7 Å². The molecule has 0 aliphatic carbocycles. The van der Waals surface area contributed by atoms with Crippen LogP contribution < -0.4 is 9.47 Å². The van der Waals surface area contributed by atoms with Crippen molar-refractivity contribution in [3.8, 4) is 11.5 Å². The molecule has 19 heavy (non-hydrogen) atoms. The molecule has 0 aromatic heterocycles. The van der Waals surface area contributed by atoms with Crippen LogP contribution in [0.25, 0.3) is 0 Å². The molecule has 0 aliphatic rings. The topological polar surface area (TPSA) is 95.7 Å². The molecule has 1 aromatic rings. The number of nitrogens with zero attached hydrogens (tertiary/aromatic N) is 1. The van der Waals surface area contributed by atoms with Crippen LogP contribution in [-0.2, 0) is 9.05 Å². The van der Waals surface area contributed by atoms with Crippen LogP contribution in [0, 0.1) is 10.1 Å². The lowest BCUT2D eigenvalue weighted by Gasteiger charge is -2.10. The van der Waals surface area contributed by atoms with Gasteiger partial charge in [0.15, 0.2) is 0 Å². The van der Waals surface area contributed by atoms with E-state index in [-0.39, 0.29) is 0 Å². The summed E-state index contributed by atoms with van der Waals surface area (Å²) in [5, 5.41) is 10.8. The standard InChI is InChI=1S/C8H6ClF2NO6S/c1-17-7-5(19(9,15)16)3-2-4(18-8(10)11)6(7)12(13)14/h2-3,8H,1H3. The molecular formula is C8H6ClF2NO6S. The highest BCUT2D eigenvalue weighted by molar-refractivity contribution is 8.13. The Hall–Kier alpha value is -1.68. The first kappa shape index (κ1) is 15.4. The van der Waals surface area contributed by atoms with Gasteiger partial charge in [0.2, 0.25) is 11.5 Å². The van der Waals surface area contributed by atoms with E-state index in [9.17, 15) is 27.3 Å². The second-order valence-electron chi connectivity index (χ2n) is 3.02. The van der Waals surface area contributed by atoms with E-state index in [1.165, 1.54) is 0 Å². The first-order valence-electron chi connectivity index (χ1n) is 4.43. The molecule has 106 valence electrons. The number of nitro benzene ring substituents is 1. The largest absolute Gasteiger partial charge is 0.489 e. The van der Waals surface area contributed by atoms with Crippen molar-refractivity contribution in [2.45, 2.75) is 11.5 Å². The van der Waals surface area contributed by atoms with Gasteiger partial charge in [0.1, 0.15) is 4.90 Å². The highest BCUT2D eigenvalue weighted by atomic mass is 35.7. The van der Waals surface area contributed by atoms with Crippen molar-refractivity contribution in [3.63, 3.8) is 0 Å². The summed E-state index contributed by atoms with van der Waals surface area (Å²) in [6.45, 7) is -3.32. The summed E-state index contributed by atoms with van der Waals surface area (Å²) in [6, 6.07) is 1.47. The number of benzene rings is 1. The van der Waals surface area contributed by atoms with E-state index < -0.39 is 42.7 Å². The molecule has 0 N–H and O–H groups in total. The molecule has 0 aliphatic heterocycles. The predicted octanol–water partition coefficient (Wildman–Crippen LogP) is 2.13. The number of methoxy groups -OCH3 is 1. The van der Waals surface area contributed by atoms with E-state index in [2.05, 4.69) is 9.47 Å². The molecular weight excluding hydrogens is 312 g/mol. The molecule has 0 amide bonds. The van der Waals surface area contributed by atoms with E-state index >= 15 is 0 Å². The molecule has 0 bridgehead atoms. The van der Waals surface area contributed by atoms with E-state index in [0.717, 1.165) is 13.2 Å². The van der Waals surface area contributed by atoms with Crippen molar-refractivity contribution in [3.05, 3.63) is 22.2 Å². The summed E-state index contributed by atoms with van der Waals surface area (Å²) in [7, 11) is 1.64. The van der Waals surface area contributed by atoms with Crippen molar-refractivity contribution in [2.24, 2.45) is 0 Å². The fourth-order valence-electron chi connectivity index (χ4n) is 1.29. The minimum Gasteiger partial charge on any atom is -0.489 e. The maximum absolute atomic E-state index is 12.1. The number of alkyl halides is 2. The number of hydrogen-bond acceptors (Lipinski definition) is 6. The molecule has 0 fully saturated rings. The van der Waals surface area contributed by atoms with Crippen LogP contribution in [0.5, 0.6) is 11.5 Å². The Morgan fingerprint density at radius 3 is 2.37 bits per heavy atom. The average molecular weight is 318 g/mol. The molecule has 0 heterocycles. The molecule has 1 aromatic carbocycles. The molecule has 0 unspecified atom stereocenters. The van der Waals surface area contributed by atoms with Crippen molar-refractivity contribution >= 4 is 25.4 Å². The Morgan fingerprint density at radius 2 is 2.00 bits per heavy atom. The van der Waals surface area contributed by atoms with E-state index in [0.29, 0.717) is 6.07 Å². The third-order valence-corrected chi connectivity index (χ3v) is 3.27. The third kappa shape index (κ3) is 3.41. The summed E-state index contributed by atoms with van der Waals surface area (Å²) in [5.41, 5.74) is -1.05. The summed E-state index contributed by atoms with van der Waals surface area (Å²) in [5.74, 6) is -1.61. The molecule has 0 saturated heterocycles. The maximum Gasteiger partial charge on any atom is 0.387 e. The van der Waals surface area contributed by atoms with Gasteiger partial charge in [-0.15, -0.1) is 0 Å². The van der Waals surface area contributed by atoms with Gasteiger partial charge in [-0.3, -0.25) is 10.1 Å². The van der Waals surface area contributed by atoms with Gasteiger partial charge in [-0.25, -0.2) is 8.42 Å². The Bertz CT molecular complexity index is 606. The van der Waals surface area contributed by atoms with Crippen molar-refractivity contribution in [1.82, 2.24) is 0 Å². The number of ether oxygens (including phenoxy) is 2. The smallest absolute Gasteiger partial charge is 0.387 e. The fraction of sp³-hybridized carbons (Fsp3) is 0.250. The number of nitro groups is 1. The first-order valence-corrected chi connectivity index (χ1v) is 6.74. The van der Waals surface area contributed by atoms with Gasteiger partial charge in [0.05, 0.1) is 12.0 Å². The van der Waals surface area contributed by atoms with Gasteiger partial charge in [0.25, 0.3) is 9.05 Å². The zero-order valence-electron chi connectivity index (χ0n) is 9.17. The van der Waals surface area contributed by atoms with E-state index in [1.54, 1.807) is 0 Å². The highest BCUT2D eigenvalue weighted by Gasteiger charge is 2.31. The zero-order valence-corrected chi connectivity index (χ0v) is 10.7. The van der Waals surface area contributed by atoms with Crippen LogP contribution in [0.2, 0.25) is 0 Å². The van der Waals surface area contributed by atoms with Gasteiger partial charge < -0.3 is 9.47 Å². The molecule has 0 atom stereocenters. The van der Waals surface area contributed by atoms with Gasteiger partial charge in [-0.1, -0.05) is 0 Å². The van der Waals surface area contributed by atoms with Crippen LogP contribution in [0.4, 0.5) is 14.5 Å². The Morgan fingerprint density at radius 1 is 1.42 bits per heavy atom. The Labute approximate surface area is 110 Å². The maximum atomic E-state index is 12.1. The lowest BCUT2D eigenvalue weighted by molar-refractivity contribution is -0.387. The quantitative estimate of drug-likeness (QED) is 0.469. The molecule has 0 spiro atoms. The lowest BCUT2D eigenvalue weighted by atomic mass is 10.2. The molecule has 1 rings (SSSR count). The SMILES string of the molecule is COc1c(S(=O)(=O)Cl)ccc(OC(F)F)c1[N+](=O)[O-]. The summed E-state index contributed by atoms with van der Waals surface area (Å²) < 4.78 is 55.1. The second-order valence-corrected chi connectivity index (χ2v) is 5.55. The van der Waals surface area contributed by atoms with Gasteiger partial charge in [-0.2, -0.15) is 8.78 Å². The normalized spacial score (nSPS) is 11.4. The highest BCUT2D eigenvalue weighted by Crippen LogP contribution is 2.42. The summed E-state index contributed by atoms with van der Waals surface area (Å²) >= 11 is 0. The van der Waals surface area contributed by atoms with Crippen LogP contribution in [0.15, 0.2) is 17.0 Å². The Balaban J connectivity index is 3.61. The minimum absolute atomic E-state index is 0.697. The van der Waals surface area contributed by atoms with Crippen molar-refractivity contribution in [2.75, 3.05) is 7.11 Å². The lowest BCUT2D eigenvalue weighted by Crippen LogP contribution is -2.07. The van der Waals surface area contributed by atoms with E-state index in [1.807, 2.05) is 0 Å². The number of halogens is 3. The molecule has 11 heteroatoms. The minimum atomic E-state index is -4.35. The molecule has 0 radical (unpaired) electrons. The summed E-state index contributed by atoms with van der Waals surface area (Å²) in [6.07, 6.45) is 0. The van der Waals surface area contributed by atoms with E-state index in [4.69, 9.17) is 10.7 Å². The molecule has 0 saturated carbocycles. The fourth-order valence-corrected chi connectivity index (χ4v) is 2.28. The second kappa shape index (κ2) is 5.53. The number of hydrogen-bond donors (Lipinski definition) is 0. The van der Waals surface area contributed by atoms with Gasteiger partial charge in [-0.05, 0) is 12.1 Å². The Kier molecular flexibility index (Phi) is 4.48. The van der Waals surface area contributed by atoms with Gasteiger partial charge >= 0.3 is 12.3 Å².